The molecule has 0 atom stereocenters. The molecule has 2 N–H and O–H groups in total. The van der Waals surface area contributed by atoms with E-state index in [1.165, 1.54) is 24.3 Å². The largest absolute Gasteiger partial charge is 0.426 e. The topological polar surface area (TPSA) is 111 Å². The first-order chi connectivity index (χ1) is 25.5. The van der Waals surface area contributed by atoms with Crippen molar-refractivity contribution in [1.82, 2.24) is 0 Å². The third-order valence-electron chi connectivity index (χ3n) is 6.75. The highest BCUT2D eigenvalue weighted by Crippen LogP contribution is 2.39. The molecule has 0 aliphatic rings. The minimum absolute atomic E-state index is 0.0288. The number of nitrogens with one attached hydrogen (secondary N) is 2. The molecule has 4 aromatic carbocycles. The molecule has 2 amide bonds. The van der Waals surface area contributed by atoms with E-state index in [0.29, 0.717) is 35.7 Å². The zero-order valence-corrected chi connectivity index (χ0v) is 30.6. The predicted octanol–water partition coefficient (Wildman–Crippen LogP) is 11.3. The van der Waals surface area contributed by atoms with Crippen LogP contribution in [-0.4, -0.2) is 23.8 Å². The van der Waals surface area contributed by atoms with Gasteiger partial charge in [-0.1, -0.05) is 27.5 Å². The second kappa shape index (κ2) is 17.3. The number of halogens is 13. The average Bonchev–Trinajstić information content (AvgIpc) is 3.04. The maximum Gasteiger partial charge on any atom is 0.416 e. The van der Waals surface area contributed by atoms with Crippen LogP contribution in [0, 0.1) is 0 Å². The van der Waals surface area contributed by atoms with Crippen LogP contribution in [0.1, 0.15) is 63.7 Å². The molecule has 0 saturated heterocycles. The van der Waals surface area contributed by atoms with Gasteiger partial charge in [-0.2, -0.15) is 39.5 Å². The zero-order chi connectivity index (χ0) is 42.6. The van der Waals surface area contributed by atoms with E-state index in [4.69, 9.17) is 21.1 Å². The quantitative estimate of drug-likeness (QED) is 0.109. The summed E-state index contributed by atoms with van der Waals surface area (Å²) < 4.78 is 154. The summed E-state index contributed by atoms with van der Waals surface area (Å²) in [6.07, 6.45) is -15.0. The van der Waals surface area contributed by atoms with E-state index < -0.39 is 81.8 Å². The van der Waals surface area contributed by atoms with Gasteiger partial charge >= 0.3 is 30.5 Å². The van der Waals surface area contributed by atoms with Crippen molar-refractivity contribution >= 4 is 62.7 Å². The molecule has 56 heavy (non-hydrogen) atoms. The van der Waals surface area contributed by atoms with Crippen LogP contribution >= 0.6 is 27.5 Å². The Balaban J connectivity index is 0.000000300. The fourth-order valence-electron chi connectivity index (χ4n) is 4.39. The summed E-state index contributed by atoms with van der Waals surface area (Å²) in [5.41, 5.74) is -7.19. The SMILES string of the molecule is CC(=O)Oc1ccc(Br)cc1C(=O)Nc1cc(C(C)(F)F)cc(C(F)(F)F)c1.CC(=O)Oc1ccc(Cl)cc1C(=O)Nc1cc(C(F)(F)F)cc(C(F)(F)F)c1. The van der Waals surface area contributed by atoms with E-state index in [1.807, 2.05) is 5.32 Å². The summed E-state index contributed by atoms with van der Waals surface area (Å²) >= 11 is 8.88. The number of alkyl halides is 11. The molecule has 21 heteroatoms. The number of hydrogen-bond donors (Lipinski definition) is 2. The van der Waals surface area contributed by atoms with Gasteiger partial charge in [0.1, 0.15) is 11.5 Å². The van der Waals surface area contributed by atoms with Crippen molar-refractivity contribution in [3.05, 3.63) is 116 Å². The smallest absolute Gasteiger partial charge is 0.416 e. The number of anilines is 2. The van der Waals surface area contributed by atoms with Gasteiger partial charge in [0.2, 0.25) is 0 Å². The highest BCUT2D eigenvalue weighted by atomic mass is 79.9. The zero-order valence-electron chi connectivity index (χ0n) is 28.3. The molecule has 0 radical (unpaired) electrons. The molecular formula is C35H23BrClF11N2O6. The summed E-state index contributed by atoms with van der Waals surface area (Å²) in [5, 5.41) is 4.10. The van der Waals surface area contributed by atoms with Gasteiger partial charge in [0.25, 0.3) is 17.7 Å². The molecule has 4 rings (SSSR count). The lowest BCUT2D eigenvalue weighted by atomic mass is 10.0. The van der Waals surface area contributed by atoms with E-state index in [-0.39, 0.29) is 33.7 Å². The Morgan fingerprint density at radius 3 is 1.29 bits per heavy atom. The normalized spacial score (nSPS) is 11.9. The van der Waals surface area contributed by atoms with Gasteiger partial charge in [0.05, 0.1) is 27.8 Å². The van der Waals surface area contributed by atoms with Gasteiger partial charge in [0, 0.05) is 47.2 Å². The van der Waals surface area contributed by atoms with Crippen LogP contribution in [0.4, 0.5) is 59.7 Å². The minimum Gasteiger partial charge on any atom is -0.426 e. The fourth-order valence-corrected chi connectivity index (χ4v) is 4.92. The van der Waals surface area contributed by atoms with E-state index in [0.717, 1.165) is 32.0 Å². The van der Waals surface area contributed by atoms with Crippen molar-refractivity contribution < 1.29 is 76.9 Å². The summed E-state index contributed by atoms with van der Waals surface area (Å²) in [4.78, 5) is 47.1. The van der Waals surface area contributed by atoms with Crippen molar-refractivity contribution in [3.8, 4) is 11.5 Å². The predicted molar refractivity (Wildman–Crippen MR) is 182 cm³/mol. The van der Waals surface area contributed by atoms with Crippen LogP contribution < -0.4 is 20.1 Å². The molecule has 0 spiro atoms. The maximum atomic E-state index is 13.6. The Kier molecular flexibility index (Phi) is 13.9. The Labute approximate surface area is 322 Å². The fraction of sp³-hybridized carbons (Fsp3) is 0.200. The van der Waals surface area contributed by atoms with Crippen LogP contribution in [-0.2, 0) is 34.0 Å². The van der Waals surface area contributed by atoms with Crippen LogP contribution in [0.5, 0.6) is 11.5 Å². The number of carbonyl (C=O) groups is 4. The van der Waals surface area contributed by atoms with Crippen LogP contribution in [0.25, 0.3) is 0 Å². The van der Waals surface area contributed by atoms with Crippen molar-refractivity contribution in [2.75, 3.05) is 10.6 Å². The highest BCUT2D eigenvalue weighted by Gasteiger charge is 2.38. The monoisotopic (exact) mass is 890 g/mol. The van der Waals surface area contributed by atoms with Crippen LogP contribution in [0.15, 0.2) is 77.3 Å². The summed E-state index contributed by atoms with van der Waals surface area (Å²) in [7, 11) is 0. The lowest BCUT2D eigenvalue weighted by Gasteiger charge is -2.17. The summed E-state index contributed by atoms with van der Waals surface area (Å²) in [6, 6.07) is 9.78. The van der Waals surface area contributed by atoms with Gasteiger partial charge in [-0.25, -0.2) is 8.78 Å². The van der Waals surface area contributed by atoms with E-state index in [2.05, 4.69) is 21.2 Å². The molecule has 0 unspecified atom stereocenters. The third kappa shape index (κ3) is 12.9. The van der Waals surface area contributed by atoms with Gasteiger partial charge in [-0.3, -0.25) is 19.2 Å². The first kappa shape index (κ1) is 45.2. The van der Waals surface area contributed by atoms with Gasteiger partial charge in [-0.05, 0) is 72.8 Å². The minimum atomic E-state index is -5.07. The lowest BCUT2D eigenvalue weighted by Crippen LogP contribution is -2.17. The number of hydrogen-bond acceptors (Lipinski definition) is 6. The highest BCUT2D eigenvalue weighted by molar-refractivity contribution is 9.10. The average molecular weight is 892 g/mol. The van der Waals surface area contributed by atoms with Gasteiger partial charge < -0.3 is 20.1 Å². The van der Waals surface area contributed by atoms with Gasteiger partial charge in [0.15, 0.2) is 0 Å². The first-order valence-corrected chi connectivity index (χ1v) is 16.2. The van der Waals surface area contributed by atoms with Crippen LogP contribution in [0.3, 0.4) is 0 Å². The number of carbonyl (C=O) groups excluding carboxylic acids is 4. The second-order valence-corrected chi connectivity index (χ2v) is 12.7. The Morgan fingerprint density at radius 1 is 0.554 bits per heavy atom. The number of ether oxygens (including phenoxy) is 2. The standard InChI is InChI=1S/C18H13BrF5NO3.C17H10ClF6NO3/c1-9(26)28-15-4-3-12(19)8-14(15)16(27)25-13-6-10(17(2,20)21)5-11(7-13)18(22,23)24;1-8(26)28-14-3-2-11(18)7-13(14)15(27)25-12-5-9(16(19,20)21)4-10(6-12)17(22,23)24/h3-8H,1-2H3,(H,25,27);2-7H,1H3,(H,25,27). The molecule has 300 valence electrons. The first-order valence-electron chi connectivity index (χ1n) is 15.0. The van der Waals surface area contributed by atoms with Crippen molar-refractivity contribution in [2.24, 2.45) is 0 Å². The van der Waals surface area contributed by atoms with E-state index >= 15 is 0 Å². The molecule has 0 aromatic heterocycles. The van der Waals surface area contributed by atoms with Crippen molar-refractivity contribution in [3.63, 3.8) is 0 Å². The molecule has 4 aromatic rings. The molecular weight excluding hydrogens is 869 g/mol. The van der Waals surface area contributed by atoms with E-state index in [1.54, 1.807) is 0 Å². The number of rotatable bonds is 7. The molecule has 8 nitrogen and oxygen atoms in total. The van der Waals surface area contributed by atoms with Crippen molar-refractivity contribution in [1.29, 1.82) is 0 Å². The van der Waals surface area contributed by atoms with Crippen LogP contribution in [0.2, 0.25) is 5.02 Å². The molecule has 0 bridgehead atoms. The van der Waals surface area contributed by atoms with Crippen molar-refractivity contribution in [2.45, 2.75) is 45.2 Å². The molecule has 0 aliphatic carbocycles. The number of benzene rings is 4. The lowest BCUT2D eigenvalue weighted by molar-refractivity contribution is -0.143. The maximum absolute atomic E-state index is 13.6. The Hall–Kier alpha value is -5.24. The Bertz CT molecular complexity index is 1940. The summed E-state index contributed by atoms with van der Waals surface area (Å²) in [6.45, 7) is 2.59. The number of esters is 2. The molecule has 0 aliphatic heterocycles. The Morgan fingerprint density at radius 2 is 0.911 bits per heavy atom. The van der Waals surface area contributed by atoms with Gasteiger partial charge in [-0.15, -0.1) is 0 Å². The molecule has 0 fully saturated rings. The third-order valence-corrected chi connectivity index (χ3v) is 7.48. The second-order valence-electron chi connectivity index (χ2n) is 11.4. The molecule has 0 saturated carbocycles. The molecule has 0 heterocycles. The summed E-state index contributed by atoms with van der Waals surface area (Å²) in [5.74, 6) is -7.54. The number of amides is 2. The van der Waals surface area contributed by atoms with E-state index in [9.17, 15) is 67.5 Å².